The molecule has 1 atom stereocenters. The van der Waals surface area contributed by atoms with Gasteiger partial charge in [0.25, 0.3) is 0 Å². The number of ketones is 1. The third-order valence-corrected chi connectivity index (χ3v) is 2.84. The van der Waals surface area contributed by atoms with Gasteiger partial charge in [0, 0.05) is 12.8 Å². The Kier molecular flexibility index (Phi) is 2.11. The molecule has 0 aromatic carbocycles. The number of carbonyl (C=O) groups excluding carboxylic acids is 1. The number of Topliss-reactive ketones (excluding diaryl/α,β-unsaturated/α-hetero) is 1. The Morgan fingerprint density at radius 1 is 1.25 bits per heavy atom. The normalized spacial score (nSPS) is 30.0. The Morgan fingerprint density at radius 3 is 2.67 bits per heavy atom. The van der Waals surface area contributed by atoms with Crippen LogP contribution in [0.3, 0.4) is 0 Å². The van der Waals surface area contributed by atoms with E-state index in [1.54, 1.807) is 0 Å². The highest BCUT2D eigenvalue weighted by Gasteiger charge is 2.24. The summed E-state index contributed by atoms with van der Waals surface area (Å²) in [5.74, 6) is 1.61. The van der Waals surface area contributed by atoms with E-state index in [0.29, 0.717) is 17.6 Å². The topological polar surface area (TPSA) is 17.1 Å². The van der Waals surface area contributed by atoms with Crippen LogP contribution in [0.4, 0.5) is 0 Å². The summed E-state index contributed by atoms with van der Waals surface area (Å²) in [5.41, 5.74) is 0. The summed E-state index contributed by atoms with van der Waals surface area (Å²) in [6.07, 6.45) is 12.5. The molecule has 1 unspecified atom stereocenters. The largest absolute Gasteiger partial charge is 0.300 e. The molecule has 0 amide bonds. The number of allylic oxidation sites excluding steroid dienone is 4. The van der Waals surface area contributed by atoms with Gasteiger partial charge in [0.15, 0.2) is 0 Å². The highest BCUT2D eigenvalue weighted by atomic mass is 16.1. The molecule has 2 aliphatic carbocycles. The zero-order valence-electron chi connectivity index (χ0n) is 7.20. The summed E-state index contributed by atoms with van der Waals surface area (Å²) in [4.78, 5) is 11.2. The van der Waals surface area contributed by atoms with E-state index >= 15 is 0 Å². The Bertz CT molecular complexity index is 225. The lowest BCUT2D eigenvalue weighted by molar-refractivity contribution is -0.121. The van der Waals surface area contributed by atoms with Gasteiger partial charge in [-0.3, -0.25) is 4.79 Å². The van der Waals surface area contributed by atoms with Crippen LogP contribution in [0, 0.1) is 11.8 Å². The average molecular weight is 162 g/mol. The minimum absolute atomic E-state index is 0.458. The lowest BCUT2D eigenvalue weighted by Gasteiger charge is -2.24. The Hall–Kier alpha value is -0.850. The van der Waals surface area contributed by atoms with Crippen LogP contribution in [0.1, 0.15) is 25.7 Å². The van der Waals surface area contributed by atoms with E-state index in [1.165, 1.54) is 6.42 Å². The fourth-order valence-corrected chi connectivity index (χ4v) is 2.15. The molecule has 1 saturated carbocycles. The first-order valence-corrected chi connectivity index (χ1v) is 4.73. The molecule has 0 saturated heterocycles. The summed E-state index contributed by atoms with van der Waals surface area (Å²) >= 11 is 0. The maximum Gasteiger partial charge on any atom is 0.133 e. The summed E-state index contributed by atoms with van der Waals surface area (Å²) in [7, 11) is 0. The Balaban J connectivity index is 1.98. The van der Waals surface area contributed by atoms with Crippen molar-refractivity contribution in [1.29, 1.82) is 0 Å². The Labute approximate surface area is 73.2 Å². The molecule has 0 spiro atoms. The first-order chi connectivity index (χ1) is 5.86. The Morgan fingerprint density at radius 2 is 2.00 bits per heavy atom. The maximum atomic E-state index is 11.2. The molecule has 2 aliphatic rings. The molecule has 64 valence electrons. The van der Waals surface area contributed by atoms with Crippen molar-refractivity contribution in [3.05, 3.63) is 24.3 Å². The van der Waals surface area contributed by atoms with Crippen molar-refractivity contribution in [1.82, 2.24) is 0 Å². The molecule has 0 aromatic heterocycles. The van der Waals surface area contributed by atoms with Crippen LogP contribution < -0.4 is 0 Å². The second kappa shape index (κ2) is 3.26. The van der Waals surface area contributed by atoms with E-state index in [9.17, 15) is 4.79 Å². The lowest BCUT2D eigenvalue weighted by atomic mass is 9.80. The third kappa shape index (κ3) is 1.50. The number of rotatable bonds is 1. The van der Waals surface area contributed by atoms with E-state index in [4.69, 9.17) is 0 Å². The molecule has 0 bridgehead atoms. The molecule has 0 aromatic rings. The zero-order valence-corrected chi connectivity index (χ0v) is 7.20. The molecule has 0 N–H and O–H groups in total. The van der Waals surface area contributed by atoms with Gasteiger partial charge in [0.05, 0.1) is 0 Å². The van der Waals surface area contributed by atoms with Gasteiger partial charge in [-0.15, -0.1) is 0 Å². The molecular formula is C11H14O. The van der Waals surface area contributed by atoms with Crippen LogP contribution in [0.2, 0.25) is 0 Å². The van der Waals surface area contributed by atoms with Gasteiger partial charge in [-0.25, -0.2) is 0 Å². The van der Waals surface area contributed by atoms with Crippen LogP contribution in [0.25, 0.3) is 0 Å². The highest BCUT2D eigenvalue weighted by Crippen LogP contribution is 2.31. The molecule has 0 radical (unpaired) electrons. The summed E-state index contributed by atoms with van der Waals surface area (Å²) in [6.45, 7) is 0. The quantitative estimate of drug-likeness (QED) is 0.579. The molecular weight excluding hydrogens is 148 g/mol. The van der Waals surface area contributed by atoms with E-state index in [0.717, 1.165) is 19.3 Å². The van der Waals surface area contributed by atoms with Crippen molar-refractivity contribution in [3.63, 3.8) is 0 Å². The van der Waals surface area contributed by atoms with Crippen molar-refractivity contribution >= 4 is 5.78 Å². The van der Waals surface area contributed by atoms with Crippen LogP contribution in [-0.4, -0.2) is 5.78 Å². The molecule has 1 nitrogen and oxygen atoms in total. The second-order valence-electron chi connectivity index (χ2n) is 3.74. The van der Waals surface area contributed by atoms with Crippen molar-refractivity contribution < 1.29 is 4.79 Å². The molecule has 0 aliphatic heterocycles. The van der Waals surface area contributed by atoms with Gasteiger partial charge in [0.1, 0.15) is 5.78 Å². The fourth-order valence-electron chi connectivity index (χ4n) is 2.15. The van der Waals surface area contributed by atoms with Crippen LogP contribution >= 0.6 is 0 Å². The monoisotopic (exact) mass is 162 g/mol. The maximum absolute atomic E-state index is 11.2. The van der Waals surface area contributed by atoms with E-state index in [2.05, 4.69) is 24.3 Å². The number of carbonyl (C=O) groups is 1. The average Bonchev–Trinajstić information content (AvgIpc) is 2.56. The van der Waals surface area contributed by atoms with Crippen molar-refractivity contribution in [2.75, 3.05) is 0 Å². The van der Waals surface area contributed by atoms with Gasteiger partial charge in [-0.1, -0.05) is 24.3 Å². The van der Waals surface area contributed by atoms with E-state index in [1.807, 2.05) is 0 Å². The first-order valence-electron chi connectivity index (χ1n) is 4.73. The van der Waals surface area contributed by atoms with Gasteiger partial charge in [-0.2, -0.15) is 0 Å². The number of hydrogen-bond donors (Lipinski definition) is 0. The first kappa shape index (κ1) is 7.78. The molecule has 1 heteroatoms. The van der Waals surface area contributed by atoms with Crippen molar-refractivity contribution in [2.24, 2.45) is 11.8 Å². The van der Waals surface area contributed by atoms with Gasteiger partial charge in [-0.05, 0) is 24.7 Å². The van der Waals surface area contributed by atoms with E-state index in [-0.39, 0.29) is 0 Å². The molecule has 12 heavy (non-hydrogen) atoms. The van der Waals surface area contributed by atoms with Crippen LogP contribution in [0.15, 0.2) is 24.3 Å². The van der Waals surface area contributed by atoms with Crippen LogP contribution in [0.5, 0.6) is 0 Å². The van der Waals surface area contributed by atoms with Gasteiger partial charge in [0.2, 0.25) is 0 Å². The third-order valence-electron chi connectivity index (χ3n) is 2.84. The van der Waals surface area contributed by atoms with Crippen molar-refractivity contribution in [3.8, 4) is 0 Å². The smallest absolute Gasteiger partial charge is 0.133 e. The summed E-state index contributed by atoms with van der Waals surface area (Å²) < 4.78 is 0. The van der Waals surface area contributed by atoms with E-state index < -0.39 is 0 Å². The van der Waals surface area contributed by atoms with Crippen LogP contribution in [-0.2, 0) is 4.79 Å². The highest BCUT2D eigenvalue weighted by molar-refractivity contribution is 5.79. The predicted octanol–water partition coefficient (Wildman–Crippen LogP) is 2.49. The minimum atomic E-state index is 0.458. The predicted molar refractivity (Wildman–Crippen MR) is 48.7 cm³/mol. The molecule has 0 heterocycles. The lowest BCUT2D eigenvalue weighted by Crippen LogP contribution is -2.19. The summed E-state index contributed by atoms with van der Waals surface area (Å²) in [5, 5.41) is 0. The van der Waals surface area contributed by atoms with Gasteiger partial charge >= 0.3 is 0 Å². The zero-order chi connectivity index (χ0) is 8.39. The fraction of sp³-hybridized carbons (Fsp3) is 0.545. The molecule has 1 fully saturated rings. The van der Waals surface area contributed by atoms with Crippen molar-refractivity contribution in [2.45, 2.75) is 25.7 Å². The number of hydrogen-bond acceptors (Lipinski definition) is 1. The summed E-state index contributed by atoms with van der Waals surface area (Å²) in [6, 6.07) is 0. The SMILES string of the molecule is O=C1CCCC(C2C=CC=C2)C1. The van der Waals surface area contributed by atoms with Gasteiger partial charge < -0.3 is 0 Å². The second-order valence-corrected chi connectivity index (χ2v) is 3.74. The standard InChI is InChI=1S/C11H14O/c12-11-7-3-6-10(8-11)9-4-1-2-5-9/h1-2,4-5,9-10H,3,6-8H2. The molecule has 2 rings (SSSR count). The minimum Gasteiger partial charge on any atom is -0.300 e.